The van der Waals surface area contributed by atoms with Gasteiger partial charge < -0.3 is 9.64 Å². The van der Waals surface area contributed by atoms with Crippen LogP contribution in [0.25, 0.3) is 10.9 Å². The number of likely N-dealkylation sites (N-methyl/N-ethyl adjacent to an activating group) is 1. The lowest BCUT2D eigenvalue weighted by molar-refractivity contribution is -0.139. The maximum Gasteiger partial charge on any atom is 0.357 e. The highest BCUT2D eigenvalue weighted by Crippen LogP contribution is 2.14. The lowest BCUT2D eigenvalue weighted by Crippen LogP contribution is -2.37. The third kappa shape index (κ3) is 4.47. The van der Waals surface area contributed by atoms with Crippen LogP contribution in [0.1, 0.15) is 23.0 Å². The Labute approximate surface area is 156 Å². The Balaban J connectivity index is 1.64. The molecule has 0 unspecified atom stereocenters. The summed E-state index contributed by atoms with van der Waals surface area (Å²) in [5.74, 6) is -1.41. The first-order valence-electron chi connectivity index (χ1n) is 8.50. The van der Waals surface area contributed by atoms with Crippen molar-refractivity contribution in [2.24, 2.45) is 0 Å². The number of halogens is 1. The maximum atomic E-state index is 13.3. The molecule has 0 saturated heterocycles. The molecule has 0 bridgehead atoms. The van der Waals surface area contributed by atoms with Crippen LogP contribution < -0.4 is 0 Å². The number of hydrogen-bond acceptors (Lipinski definition) is 4. The monoisotopic (exact) mass is 366 g/mol. The summed E-state index contributed by atoms with van der Waals surface area (Å²) in [6.07, 6.45) is -0.982. The van der Waals surface area contributed by atoms with Crippen LogP contribution in [0.15, 0.2) is 60.7 Å². The first-order valence-corrected chi connectivity index (χ1v) is 8.50. The minimum atomic E-state index is -0.982. The largest absolute Gasteiger partial charge is 0.448 e. The van der Waals surface area contributed by atoms with Crippen molar-refractivity contribution in [3.05, 3.63) is 77.7 Å². The molecule has 0 aliphatic heterocycles. The number of hydrogen-bond donors (Lipinski definition) is 0. The van der Waals surface area contributed by atoms with Gasteiger partial charge in [0.25, 0.3) is 5.91 Å². The zero-order valence-electron chi connectivity index (χ0n) is 15.1. The van der Waals surface area contributed by atoms with Crippen LogP contribution in [-0.4, -0.2) is 34.9 Å². The van der Waals surface area contributed by atoms with Crippen LogP contribution in [0.2, 0.25) is 0 Å². The molecule has 1 aromatic heterocycles. The molecule has 138 valence electrons. The molecule has 0 fully saturated rings. The van der Waals surface area contributed by atoms with Gasteiger partial charge in [-0.2, -0.15) is 0 Å². The number of carbonyl (C=O) groups excluding carboxylic acids is 2. The van der Waals surface area contributed by atoms with Gasteiger partial charge in [-0.15, -0.1) is 0 Å². The second kappa shape index (κ2) is 7.95. The number of rotatable bonds is 5. The van der Waals surface area contributed by atoms with Crippen molar-refractivity contribution in [1.82, 2.24) is 9.88 Å². The predicted molar refractivity (Wildman–Crippen MR) is 99.5 cm³/mol. The SMILES string of the molecule is C[C@H](OC(=O)c1ccc2ccccc2n1)C(=O)N(C)Cc1cccc(F)c1. The van der Waals surface area contributed by atoms with E-state index in [0.29, 0.717) is 11.1 Å². The van der Waals surface area contributed by atoms with Gasteiger partial charge in [0.15, 0.2) is 6.10 Å². The highest BCUT2D eigenvalue weighted by atomic mass is 19.1. The van der Waals surface area contributed by atoms with E-state index in [9.17, 15) is 14.0 Å². The maximum absolute atomic E-state index is 13.3. The third-order valence-electron chi connectivity index (χ3n) is 4.12. The molecule has 1 atom stereocenters. The summed E-state index contributed by atoms with van der Waals surface area (Å²) < 4.78 is 18.5. The van der Waals surface area contributed by atoms with E-state index < -0.39 is 12.1 Å². The van der Waals surface area contributed by atoms with Crippen LogP contribution in [0.3, 0.4) is 0 Å². The van der Waals surface area contributed by atoms with Crippen molar-refractivity contribution >= 4 is 22.8 Å². The van der Waals surface area contributed by atoms with E-state index in [1.807, 2.05) is 18.2 Å². The lowest BCUT2D eigenvalue weighted by atomic mass is 10.2. The van der Waals surface area contributed by atoms with Gasteiger partial charge in [0.1, 0.15) is 11.5 Å². The van der Waals surface area contributed by atoms with Gasteiger partial charge in [-0.05, 0) is 36.8 Å². The summed E-state index contributed by atoms with van der Waals surface area (Å²) in [7, 11) is 1.58. The number of para-hydroxylation sites is 1. The van der Waals surface area contributed by atoms with Crippen molar-refractivity contribution in [3.63, 3.8) is 0 Å². The lowest BCUT2D eigenvalue weighted by Gasteiger charge is -2.21. The fourth-order valence-electron chi connectivity index (χ4n) is 2.75. The number of esters is 1. The van der Waals surface area contributed by atoms with E-state index in [1.54, 1.807) is 37.4 Å². The van der Waals surface area contributed by atoms with Gasteiger partial charge in [-0.1, -0.05) is 36.4 Å². The van der Waals surface area contributed by atoms with Crippen LogP contribution in [-0.2, 0) is 16.1 Å². The summed E-state index contributed by atoms with van der Waals surface area (Å²) in [5.41, 5.74) is 1.47. The second-order valence-corrected chi connectivity index (χ2v) is 6.26. The van der Waals surface area contributed by atoms with Gasteiger partial charge in [0.2, 0.25) is 0 Å². The fourth-order valence-corrected chi connectivity index (χ4v) is 2.75. The number of pyridine rings is 1. The molecule has 5 nitrogen and oxygen atoms in total. The molecule has 1 heterocycles. The number of carbonyl (C=O) groups is 2. The Kier molecular flexibility index (Phi) is 5.45. The van der Waals surface area contributed by atoms with Gasteiger partial charge in [-0.25, -0.2) is 14.2 Å². The Bertz CT molecular complexity index is 990. The summed E-state index contributed by atoms with van der Waals surface area (Å²) in [4.78, 5) is 30.4. The van der Waals surface area contributed by atoms with Crippen molar-refractivity contribution in [2.45, 2.75) is 19.6 Å². The standard InChI is InChI=1S/C21H19FN2O3/c1-14(20(25)24(2)13-15-6-5-8-17(22)12-15)27-21(26)19-11-10-16-7-3-4-9-18(16)23-19/h3-12,14H,13H2,1-2H3/t14-/m0/s1. The van der Waals surface area contributed by atoms with Crippen LogP contribution in [0, 0.1) is 5.82 Å². The molecule has 0 N–H and O–H groups in total. The van der Waals surface area contributed by atoms with Gasteiger partial charge in [-0.3, -0.25) is 4.79 Å². The molecule has 0 saturated carbocycles. The van der Waals surface area contributed by atoms with E-state index in [-0.39, 0.29) is 24.0 Å². The number of benzene rings is 2. The van der Waals surface area contributed by atoms with Crippen molar-refractivity contribution in [2.75, 3.05) is 7.05 Å². The average molecular weight is 366 g/mol. The van der Waals surface area contributed by atoms with Gasteiger partial charge >= 0.3 is 5.97 Å². The molecule has 3 rings (SSSR count). The smallest absolute Gasteiger partial charge is 0.357 e. The van der Waals surface area contributed by atoms with E-state index in [2.05, 4.69) is 4.98 Å². The fraction of sp³-hybridized carbons (Fsp3) is 0.190. The highest BCUT2D eigenvalue weighted by Gasteiger charge is 2.23. The normalized spacial score (nSPS) is 11.8. The van der Waals surface area contributed by atoms with Crippen molar-refractivity contribution in [1.29, 1.82) is 0 Å². The Morgan fingerprint density at radius 1 is 1.11 bits per heavy atom. The first-order chi connectivity index (χ1) is 12.9. The van der Waals surface area contributed by atoms with Crippen molar-refractivity contribution < 1.29 is 18.7 Å². The van der Waals surface area contributed by atoms with Gasteiger partial charge in [0, 0.05) is 19.0 Å². The minimum absolute atomic E-state index is 0.140. The molecule has 27 heavy (non-hydrogen) atoms. The molecule has 0 radical (unpaired) electrons. The molecule has 6 heteroatoms. The molecule has 2 aromatic carbocycles. The van der Waals surface area contributed by atoms with Crippen LogP contribution in [0.4, 0.5) is 4.39 Å². The predicted octanol–water partition coefficient (Wildman–Crippen LogP) is 3.58. The molecule has 0 aliphatic rings. The number of ether oxygens (including phenoxy) is 1. The van der Waals surface area contributed by atoms with Gasteiger partial charge in [0.05, 0.1) is 5.52 Å². The van der Waals surface area contributed by atoms with E-state index in [0.717, 1.165) is 5.39 Å². The number of aromatic nitrogens is 1. The second-order valence-electron chi connectivity index (χ2n) is 6.26. The number of nitrogens with zero attached hydrogens (tertiary/aromatic N) is 2. The van der Waals surface area contributed by atoms with Crippen LogP contribution in [0.5, 0.6) is 0 Å². The number of amides is 1. The Hall–Kier alpha value is -3.28. The topological polar surface area (TPSA) is 59.5 Å². The minimum Gasteiger partial charge on any atom is -0.448 e. The number of fused-ring (bicyclic) bond motifs is 1. The average Bonchev–Trinajstić information content (AvgIpc) is 2.66. The van der Waals surface area contributed by atoms with E-state index in [4.69, 9.17) is 4.74 Å². The first kappa shape index (κ1) is 18.5. The molecule has 0 aliphatic carbocycles. The Morgan fingerprint density at radius 2 is 1.89 bits per heavy atom. The zero-order chi connectivity index (χ0) is 19.4. The molecular formula is C21H19FN2O3. The summed E-state index contributed by atoms with van der Waals surface area (Å²) in [5, 5.41) is 0.910. The summed E-state index contributed by atoms with van der Waals surface area (Å²) in [6, 6.07) is 16.8. The molecular weight excluding hydrogens is 347 g/mol. The van der Waals surface area contributed by atoms with E-state index in [1.165, 1.54) is 24.0 Å². The third-order valence-corrected chi connectivity index (χ3v) is 4.12. The molecule has 3 aromatic rings. The molecule has 0 spiro atoms. The van der Waals surface area contributed by atoms with Crippen LogP contribution >= 0.6 is 0 Å². The Morgan fingerprint density at radius 3 is 2.67 bits per heavy atom. The summed E-state index contributed by atoms with van der Waals surface area (Å²) >= 11 is 0. The molecule has 1 amide bonds. The highest BCUT2D eigenvalue weighted by molar-refractivity contribution is 5.93. The quantitative estimate of drug-likeness (QED) is 0.648. The van der Waals surface area contributed by atoms with E-state index >= 15 is 0 Å². The van der Waals surface area contributed by atoms with Crippen molar-refractivity contribution in [3.8, 4) is 0 Å². The zero-order valence-corrected chi connectivity index (χ0v) is 15.1. The summed E-state index contributed by atoms with van der Waals surface area (Å²) in [6.45, 7) is 1.72.